The van der Waals surface area contributed by atoms with Crippen LogP contribution in [-0.2, 0) is 0 Å². The van der Waals surface area contributed by atoms with Crippen LogP contribution in [0.5, 0.6) is 0 Å². The van der Waals surface area contributed by atoms with E-state index in [0.717, 1.165) is 35.2 Å². The van der Waals surface area contributed by atoms with Gasteiger partial charge in [0.15, 0.2) is 5.13 Å². The Morgan fingerprint density at radius 3 is 2.82 bits per heavy atom. The van der Waals surface area contributed by atoms with E-state index >= 15 is 0 Å². The van der Waals surface area contributed by atoms with Crippen molar-refractivity contribution in [3.8, 4) is 11.3 Å². The first-order chi connectivity index (χ1) is 8.33. The summed E-state index contributed by atoms with van der Waals surface area (Å²) < 4.78 is 0. The zero-order chi connectivity index (χ0) is 11.7. The van der Waals surface area contributed by atoms with Gasteiger partial charge in [-0.2, -0.15) is 0 Å². The lowest BCUT2D eigenvalue weighted by molar-refractivity contribution is 0.949. The summed E-state index contributed by atoms with van der Waals surface area (Å²) in [5.74, 6) is 0. The average molecular weight is 245 g/mol. The first kappa shape index (κ1) is 10.6. The summed E-state index contributed by atoms with van der Waals surface area (Å²) in [7, 11) is 0. The minimum atomic E-state index is 0.790. The molecule has 3 rings (SSSR count). The van der Waals surface area contributed by atoms with Crippen LogP contribution in [0.3, 0.4) is 0 Å². The highest BCUT2D eigenvalue weighted by atomic mass is 32.1. The number of hydrogen-bond acceptors (Lipinski definition) is 4. The predicted molar refractivity (Wildman–Crippen MR) is 73.4 cm³/mol. The Morgan fingerprint density at radius 1 is 1.24 bits per heavy atom. The molecule has 0 atom stereocenters. The number of nitrogens with two attached hydrogens (primary N) is 1. The van der Waals surface area contributed by atoms with Crippen LogP contribution in [0.4, 0.5) is 10.8 Å². The monoisotopic (exact) mass is 245 g/mol. The molecule has 2 heterocycles. The number of rotatable bonds is 2. The number of anilines is 2. The van der Waals surface area contributed by atoms with Gasteiger partial charge in [-0.15, -0.1) is 11.3 Å². The first-order valence-electron chi connectivity index (χ1n) is 5.89. The third kappa shape index (κ3) is 2.13. The van der Waals surface area contributed by atoms with Gasteiger partial charge in [0.1, 0.15) is 0 Å². The van der Waals surface area contributed by atoms with Gasteiger partial charge < -0.3 is 10.6 Å². The molecule has 0 radical (unpaired) electrons. The van der Waals surface area contributed by atoms with E-state index in [2.05, 4.69) is 16.3 Å². The fraction of sp³-hybridized carbons (Fsp3) is 0.308. The molecule has 2 aromatic rings. The highest BCUT2D eigenvalue weighted by Crippen LogP contribution is 2.29. The Hall–Kier alpha value is -1.55. The van der Waals surface area contributed by atoms with E-state index in [-0.39, 0.29) is 0 Å². The van der Waals surface area contributed by atoms with Crippen molar-refractivity contribution in [1.82, 2.24) is 4.98 Å². The fourth-order valence-corrected chi connectivity index (χ4v) is 3.04. The van der Waals surface area contributed by atoms with Gasteiger partial charge >= 0.3 is 0 Å². The average Bonchev–Trinajstić information content (AvgIpc) is 3.00. The molecule has 17 heavy (non-hydrogen) atoms. The molecule has 88 valence electrons. The standard InChI is InChI=1S/C13H15N3S/c14-11-5-3-4-10(8-11)12-9-17-13(15-12)16-6-1-2-7-16/h3-5,8-9H,1-2,6-7,14H2. The van der Waals surface area contributed by atoms with Crippen molar-refractivity contribution in [3.63, 3.8) is 0 Å². The molecular weight excluding hydrogens is 230 g/mol. The SMILES string of the molecule is Nc1cccc(-c2csc(N3CCCC3)n2)c1. The molecule has 2 N–H and O–H groups in total. The topological polar surface area (TPSA) is 42.1 Å². The molecule has 4 heteroatoms. The molecule has 1 saturated heterocycles. The number of thiazole rings is 1. The van der Waals surface area contributed by atoms with E-state index < -0.39 is 0 Å². The lowest BCUT2D eigenvalue weighted by Crippen LogP contribution is -2.17. The van der Waals surface area contributed by atoms with Crippen LogP contribution in [0.2, 0.25) is 0 Å². The van der Waals surface area contributed by atoms with Gasteiger partial charge in [0.25, 0.3) is 0 Å². The number of benzene rings is 1. The summed E-state index contributed by atoms with van der Waals surface area (Å²) in [6, 6.07) is 7.90. The summed E-state index contributed by atoms with van der Waals surface area (Å²) >= 11 is 1.72. The molecule has 1 aromatic carbocycles. The molecular formula is C13H15N3S. The van der Waals surface area contributed by atoms with Crippen LogP contribution in [0.25, 0.3) is 11.3 Å². The summed E-state index contributed by atoms with van der Waals surface area (Å²) in [5, 5.41) is 3.25. The van der Waals surface area contributed by atoms with Crippen molar-refractivity contribution in [2.24, 2.45) is 0 Å². The molecule has 0 amide bonds. The van der Waals surface area contributed by atoms with E-state index in [1.165, 1.54) is 12.8 Å². The third-order valence-electron chi connectivity index (χ3n) is 3.05. The van der Waals surface area contributed by atoms with Gasteiger partial charge in [0, 0.05) is 29.7 Å². The van der Waals surface area contributed by atoms with Gasteiger partial charge in [-0.25, -0.2) is 4.98 Å². The van der Waals surface area contributed by atoms with Crippen molar-refractivity contribution >= 4 is 22.2 Å². The Kier molecular flexibility index (Phi) is 2.73. The molecule has 0 unspecified atom stereocenters. The van der Waals surface area contributed by atoms with Crippen LogP contribution in [-0.4, -0.2) is 18.1 Å². The maximum absolute atomic E-state index is 5.79. The zero-order valence-corrected chi connectivity index (χ0v) is 10.4. The van der Waals surface area contributed by atoms with Crippen LogP contribution >= 0.6 is 11.3 Å². The second-order valence-corrected chi connectivity index (χ2v) is 5.17. The third-order valence-corrected chi connectivity index (χ3v) is 3.95. The Balaban J connectivity index is 1.89. The maximum Gasteiger partial charge on any atom is 0.185 e. The molecule has 3 nitrogen and oxygen atoms in total. The Bertz CT molecular complexity index is 515. The minimum absolute atomic E-state index is 0.790. The van der Waals surface area contributed by atoms with Crippen molar-refractivity contribution in [2.75, 3.05) is 23.7 Å². The molecule has 0 bridgehead atoms. The fourth-order valence-electron chi connectivity index (χ4n) is 2.15. The lowest BCUT2D eigenvalue weighted by Gasteiger charge is -2.12. The minimum Gasteiger partial charge on any atom is -0.399 e. The molecule has 0 spiro atoms. The number of nitrogen functional groups attached to an aromatic ring is 1. The number of aromatic nitrogens is 1. The predicted octanol–water partition coefficient (Wildman–Crippen LogP) is 2.99. The smallest absolute Gasteiger partial charge is 0.185 e. The second kappa shape index (κ2) is 4.37. The van der Waals surface area contributed by atoms with Crippen LogP contribution in [0.1, 0.15) is 12.8 Å². The maximum atomic E-state index is 5.79. The van der Waals surface area contributed by atoms with Crippen LogP contribution in [0, 0.1) is 0 Å². The number of hydrogen-bond donors (Lipinski definition) is 1. The summed E-state index contributed by atoms with van der Waals surface area (Å²) in [4.78, 5) is 7.05. The normalized spacial score (nSPS) is 15.4. The molecule has 1 aliphatic rings. The largest absolute Gasteiger partial charge is 0.399 e. The molecule has 0 saturated carbocycles. The van der Waals surface area contributed by atoms with Crippen molar-refractivity contribution in [1.29, 1.82) is 0 Å². The van der Waals surface area contributed by atoms with Gasteiger partial charge in [-0.3, -0.25) is 0 Å². The molecule has 0 aliphatic carbocycles. The van der Waals surface area contributed by atoms with Crippen LogP contribution in [0.15, 0.2) is 29.6 Å². The molecule has 1 aliphatic heterocycles. The van der Waals surface area contributed by atoms with Gasteiger partial charge in [-0.05, 0) is 25.0 Å². The lowest BCUT2D eigenvalue weighted by atomic mass is 10.1. The number of nitrogens with zero attached hydrogens (tertiary/aromatic N) is 2. The van der Waals surface area contributed by atoms with E-state index in [0.29, 0.717) is 0 Å². The van der Waals surface area contributed by atoms with Gasteiger partial charge in [0.05, 0.1) is 5.69 Å². The summed E-state index contributed by atoms with van der Waals surface area (Å²) in [6.07, 6.45) is 2.57. The van der Waals surface area contributed by atoms with E-state index in [1.807, 2.05) is 18.2 Å². The zero-order valence-electron chi connectivity index (χ0n) is 9.60. The second-order valence-electron chi connectivity index (χ2n) is 4.33. The van der Waals surface area contributed by atoms with Crippen molar-refractivity contribution in [2.45, 2.75) is 12.8 Å². The Morgan fingerprint density at radius 2 is 2.06 bits per heavy atom. The highest BCUT2D eigenvalue weighted by Gasteiger charge is 2.15. The van der Waals surface area contributed by atoms with E-state index in [1.54, 1.807) is 11.3 Å². The summed E-state index contributed by atoms with van der Waals surface area (Å²) in [6.45, 7) is 2.29. The molecule has 1 aromatic heterocycles. The van der Waals surface area contributed by atoms with Gasteiger partial charge in [-0.1, -0.05) is 12.1 Å². The quantitative estimate of drug-likeness (QED) is 0.827. The van der Waals surface area contributed by atoms with E-state index in [4.69, 9.17) is 10.7 Å². The first-order valence-corrected chi connectivity index (χ1v) is 6.77. The van der Waals surface area contributed by atoms with Crippen LogP contribution < -0.4 is 10.6 Å². The Labute approximate surface area is 105 Å². The van der Waals surface area contributed by atoms with Crippen molar-refractivity contribution in [3.05, 3.63) is 29.6 Å². The highest BCUT2D eigenvalue weighted by molar-refractivity contribution is 7.14. The summed E-state index contributed by atoms with van der Waals surface area (Å²) in [5.41, 5.74) is 8.72. The van der Waals surface area contributed by atoms with Gasteiger partial charge in [0.2, 0.25) is 0 Å². The molecule has 1 fully saturated rings. The van der Waals surface area contributed by atoms with E-state index in [9.17, 15) is 0 Å². The van der Waals surface area contributed by atoms with Crippen molar-refractivity contribution < 1.29 is 0 Å².